The zero-order chi connectivity index (χ0) is 15.6. The molecule has 1 atom stereocenters. The molecule has 0 aromatic carbocycles. The molecular formula is C19H39NS. The van der Waals surface area contributed by atoms with E-state index in [4.69, 9.17) is 0 Å². The number of unbranched alkanes of at least 4 members (excludes halogenated alkanes) is 6. The van der Waals surface area contributed by atoms with E-state index in [1.54, 1.807) is 0 Å². The van der Waals surface area contributed by atoms with Gasteiger partial charge in [-0.05, 0) is 68.8 Å². The molecular weight excluding hydrogens is 274 g/mol. The van der Waals surface area contributed by atoms with Crippen LogP contribution in [0, 0.1) is 11.3 Å². The maximum Gasteiger partial charge on any atom is -0.00159 e. The van der Waals surface area contributed by atoms with E-state index in [1.165, 1.54) is 83.8 Å². The molecule has 0 saturated carbocycles. The summed E-state index contributed by atoms with van der Waals surface area (Å²) in [5, 5.41) is 0. The Labute approximate surface area is 139 Å². The van der Waals surface area contributed by atoms with Crippen LogP contribution in [0.25, 0.3) is 0 Å². The fraction of sp³-hybridized carbons (Fsp3) is 1.00. The highest BCUT2D eigenvalue weighted by Crippen LogP contribution is 2.34. The van der Waals surface area contributed by atoms with Gasteiger partial charge in [-0.2, -0.15) is 12.6 Å². The van der Waals surface area contributed by atoms with Crippen molar-refractivity contribution in [2.75, 3.05) is 25.4 Å². The van der Waals surface area contributed by atoms with Crippen molar-refractivity contribution in [3.63, 3.8) is 0 Å². The number of thiol groups is 1. The lowest BCUT2D eigenvalue weighted by Crippen LogP contribution is -2.27. The molecule has 1 fully saturated rings. The maximum atomic E-state index is 4.26. The second-order valence-electron chi connectivity index (χ2n) is 8.03. The standard InChI is InChI=1S/C19H39NS/c1-19(2,3)18-12-11-15-20(16-13-18)14-9-7-5-4-6-8-10-17-21/h18,21H,4-17H2,1-3H3. The van der Waals surface area contributed by atoms with Gasteiger partial charge in [0.1, 0.15) is 0 Å². The summed E-state index contributed by atoms with van der Waals surface area (Å²) in [6.45, 7) is 11.3. The second-order valence-corrected chi connectivity index (χ2v) is 8.48. The summed E-state index contributed by atoms with van der Waals surface area (Å²) in [6.07, 6.45) is 14.1. The quantitative estimate of drug-likeness (QED) is 0.416. The van der Waals surface area contributed by atoms with Crippen molar-refractivity contribution < 1.29 is 0 Å². The SMILES string of the molecule is CC(C)(C)C1CCCN(CCCCCCCCCS)CC1. The van der Waals surface area contributed by atoms with Gasteiger partial charge in [-0.1, -0.05) is 52.9 Å². The lowest BCUT2D eigenvalue weighted by atomic mass is 9.77. The van der Waals surface area contributed by atoms with Crippen molar-refractivity contribution in [2.24, 2.45) is 11.3 Å². The highest BCUT2D eigenvalue weighted by atomic mass is 32.1. The molecule has 21 heavy (non-hydrogen) atoms. The number of likely N-dealkylation sites (tertiary alicyclic amines) is 1. The fourth-order valence-electron chi connectivity index (χ4n) is 3.58. The van der Waals surface area contributed by atoms with E-state index >= 15 is 0 Å². The molecule has 0 aliphatic carbocycles. The van der Waals surface area contributed by atoms with Crippen molar-refractivity contribution in [1.82, 2.24) is 4.90 Å². The van der Waals surface area contributed by atoms with Crippen LogP contribution < -0.4 is 0 Å². The molecule has 1 aliphatic rings. The Bertz CT molecular complexity index is 246. The van der Waals surface area contributed by atoms with Crippen molar-refractivity contribution in [3.8, 4) is 0 Å². The summed E-state index contributed by atoms with van der Waals surface area (Å²) in [4.78, 5) is 2.73. The summed E-state index contributed by atoms with van der Waals surface area (Å²) in [7, 11) is 0. The first-order valence-electron chi connectivity index (χ1n) is 9.37. The van der Waals surface area contributed by atoms with Crippen LogP contribution in [0.2, 0.25) is 0 Å². The van der Waals surface area contributed by atoms with Crippen LogP contribution >= 0.6 is 12.6 Å². The normalized spacial score (nSPS) is 21.4. The van der Waals surface area contributed by atoms with Crippen molar-refractivity contribution in [3.05, 3.63) is 0 Å². The average Bonchev–Trinajstić information content (AvgIpc) is 2.67. The van der Waals surface area contributed by atoms with Crippen molar-refractivity contribution >= 4 is 12.6 Å². The molecule has 1 heterocycles. The van der Waals surface area contributed by atoms with Crippen molar-refractivity contribution in [2.45, 2.75) is 85.0 Å². The van der Waals surface area contributed by atoms with Gasteiger partial charge in [0.2, 0.25) is 0 Å². The maximum absolute atomic E-state index is 4.26. The lowest BCUT2D eigenvalue weighted by Gasteiger charge is -2.29. The van der Waals surface area contributed by atoms with Gasteiger partial charge in [-0.15, -0.1) is 0 Å². The summed E-state index contributed by atoms with van der Waals surface area (Å²) in [5.74, 6) is 1.99. The molecule has 0 N–H and O–H groups in total. The first-order valence-corrected chi connectivity index (χ1v) is 10.0. The predicted octanol–water partition coefficient (Wildman–Crippen LogP) is 5.80. The van der Waals surface area contributed by atoms with Crippen LogP contribution in [0.1, 0.15) is 85.0 Å². The van der Waals surface area contributed by atoms with Gasteiger partial charge in [0.15, 0.2) is 0 Å². The highest BCUT2D eigenvalue weighted by molar-refractivity contribution is 7.80. The minimum absolute atomic E-state index is 0.503. The van der Waals surface area contributed by atoms with Gasteiger partial charge in [-0.25, -0.2) is 0 Å². The minimum Gasteiger partial charge on any atom is -0.303 e. The summed E-state index contributed by atoms with van der Waals surface area (Å²) < 4.78 is 0. The average molecular weight is 314 g/mol. The third kappa shape index (κ3) is 9.13. The minimum atomic E-state index is 0.503. The Balaban J connectivity index is 2.03. The molecule has 0 spiro atoms. The molecule has 0 radical (unpaired) electrons. The number of hydrogen-bond donors (Lipinski definition) is 1. The van der Waals surface area contributed by atoms with Crippen LogP contribution in [-0.2, 0) is 0 Å². The van der Waals surface area contributed by atoms with E-state index in [9.17, 15) is 0 Å². The van der Waals surface area contributed by atoms with Gasteiger partial charge in [0, 0.05) is 0 Å². The van der Waals surface area contributed by atoms with Crippen LogP contribution in [0.5, 0.6) is 0 Å². The Morgan fingerprint density at radius 3 is 2.10 bits per heavy atom. The van der Waals surface area contributed by atoms with Crippen LogP contribution in [-0.4, -0.2) is 30.3 Å². The zero-order valence-corrected chi connectivity index (χ0v) is 15.8. The van der Waals surface area contributed by atoms with E-state index in [-0.39, 0.29) is 0 Å². The third-order valence-electron chi connectivity index (χ3n) is 5.18. The largest absolute Gasteiger partial charge is 0.303 e. The van der Waals surface area contributed by atoms with Gasteiger partial charge in [0.05, 0.1) is 0 Å². The second kappa shape index (κ2) is 10.9. The summed E-state index contributed by atoms with van der Waals surface area (Å²) in [5.41, 5.74) is 0.503. The van der Waals surface area contributed by atoms with E-state index in [2.05, 4.69) is 38.3 Å². The molecule has 1 nitrogen and oxygen atoms in total. The van der Waals surface area contributed by atoms with Gasteiger partial charge >= 0.3 is 0 Å². The number of rotatable bonds is 9. The van der Waals surface area contributed by atoms with E-state index in [0.29, 0.717) is 5.41 Å². The molecule has 1 rings (SSSR count). The van der Waals surface area contributed by atoms with Gasteiger partial charge < -0.3 is 4.90 Å². The fourth-order valence-corrected chi connectivity index (χ4v) is 3.80. The Kier molecular flexibility index (Phi) is 10.1. The first kappa shape index (κ1) is 19.4. The number of hydrogen-bond acceptors (Lipinski definition) is 2. The van der Waals surface area contributed by atoms with Crippen LogP contribution in [0.15, 0.2) is 0 Å². The number of nitrogens with zero attached hydrogens (tertiary/aromatic N) is 1. The van der Waals surface area contributed by atoms with Crippen LogP contribution in [0.4, 0.5) is 0 Å². The molecule has 0 aromatic heterocycles. The first-order chi connectivity index (χ1) is 10.0. The molecule has 2 heteroatoms. The zero-order valence-electron chi connectivity index (χ0n) is 14.9. The van der Waals surface area contributed by atoms with Crippen molar-refractivity contribution in [1.29, 1.82) is 0 Å². The molecule has 0 bridgehead atoms. The summed E-state index contributed by atoms with van der Waals surface area (Å²) in [6, 6.07) is 0. The Morgan fingerprint density at radius 2 is 1.48 bits per heavy atom. The van der Waals surface area contributed by atoms with Gasteiger partial charge in [0.25, 0.3) is 0 Å². The molecule has 1 unspecified atom stereocenters. The molecule has 126 valence electrons. The molecule has 0 amide bonds. The van der Waals surface area contributed by atoms with Gasteiger partial charge in [-0.3, -0.25) is 0 Å². The predicted molar refractivity (Wildman–Crippen MR) is 99.4 cm³/mol. The molecule has 1 saturated heterocycles. The van der Waals surface area contributed by atoms with E-state index < -0.39 is 0 Å². The monoisotopic (exact) mass is 313 g/mol. The Hall–Kier alpha value is 0.310. The van der Waals surface area contributed by atoms with E-state index in [1.807, 2.05) is 0 Å². The molecule has 0 aromatic rings. The summed E-state index contributed by atoms with van der Waals surface area (Å²) >= 11 is 4.26. The molecule has 1 aliphatic heterocycles. The van der Waals surface area contributed by atoms with E-state index in [0.717, 1.165) is 11.7 Å². The highest BCUT2D eigenvalue weighted by Gasteiger charge is 2.26. The lowest BCUT2D eigenvalue weighted by molar-refractivity contribution is 0.207. The third-order valence-corrected chi connectivity index (χ3v) is 5.49. The van der Waals surface area contributed by atoms with Crippen LogP contribution in [0.3, 0.4) is 0 Å². The topological polar surface area (TPSA) is 3.24 Å². The smallest absolute Gasteiger partial charge is 0.00159 e. The Morgan fingerprint density at radius 1 is 0.857 bits per heavy atom.